The van der Waals surface area contributed by atoms with Crippen LogP contribution >= 0.6 is 0 Å². The molecule has 0 radical (unpaired) electrons. The smallest absolute Gasteiger partial charge is 0.0667 e. The molecule has 0 saturated carbocycles. The fraction of sp³-hybridized carbons (Fsp3) is 0.0625. The summed E-state index contributed by atoms with van der Waals surface area (Å²) in [6, 6.07) is 12.7. The number of pyridine rings is 1. The Bertz CT molecular complexity index is 883. The SMILES string of the molecule is Cc1ccc2cc[nH]c2c1-c1ccn2nccc2c1. The van der Waals surface area contributed by atoms with Crippen molar-refractivity contribution < 1.29 is 0 Å². The molecule has 1 N–H and O–H groups in total. The molecule has 92 valence electrons. The van der Waals surface area contributed by atoms with Gasteiger partial charge in [0.1, 0.15) is 0 Å². The van der Waals surface area contributed by atoms with E-state index in [1.165, 1.54) is 27.6 Å². The van der Waals surface area contributed by atoms with Gasteiger partial charge in [0.15, 0.2) is 0 Å². The standard InChI is InChI=1S/C16H13N3/c1-11-2-3-12-4-7-17-16(12)15(11)13-6-9-19-14(10-13)5-8-18-19/h2-10,17H,1H3. The van der Waals surface area contributed by atoms with Gasteiger partial charge in [-0.2, -0.15) is 5.10 Å². The second-order valence-electron chi connectivity index (χ2n) is 4.82. The molecule has 4 aromatic rings. The minimum absolute atomic E-state index is 1.11. The average Bonchev–Trinajstić information content (AvgIpc) is 3.05. The molecule has 0 atom stereocenters. The third-order valence-corrected chi connectivity index (χ3v) is 3.62. The summed E-state index contributed by atoms with van der Waals surface area (Å²) < 4.78 is 1.88. The van der Waals surface area contributed by atoms with E-state index in [1.54, 1.807) is 0 Å². The molecule has 0 aliphatic rings. The van der Waals surface area contributed by atoms with Crippen molar-refractivity contribution in [3.8, 4) is 11.1 Å². The molecule has 0 amide bonds. The van der Waals surface area contributed by atoms with E-state index >= 15 is 0 Å². The molecular weight excluding hydrogens is 234 g/mol. The number of nitrogens with zero attached hydrogens (tertiary/aromatic N) is 2. The van der Waals surface area contributed by atoms with Gasteiger partial charge >= 0.3 is 0 Å². The first-order valence-corrected chi connectivity index (χ1v) is 6.33. The third-order valence-electron chi connectivity index (χ3n) is 3.62. The molecular formula is C16H13N3. The topological polar surface area (TPSA) is 33.1 Å². The normalized spacial score (nSPS) is 11.4. The van der Waals surface area contributed by atoms with Crippen molar-refractivity contribution in [2.75, 3.05) is 0 Å². The Kier molecular flexibility index (Phi) is 2.03. The van der Waals surface area contributed by atoms with Gasteiger partial charge in [-0.25, -0.2) is 4.52 Å². The van der Waals surface area contributed by atoms with Gasteiger partial charge in [-0.05, 0) is 42.3 Å². The van der Waals surface area contributed by atoms with Gasteiger partial charge in [0.2, 0.25) is 0 Å². The molecule has 3 nitrogen and oxygen atoms in total. The van der Waals surface area contributed by atoms with Crippen LogP contribution in [0, 0.1) is 6.92 Å². The maximum atomic E-state index is 4.24. The van der Waals surface area contributed by atoms with Crippen molar-refractivity contribution in [2.24, 2.45) is 0 Å². The lowest BCUT2D eigenvalue weighted by atomic mass is 9.98. The molecule has 0 aliphatic heterocycles. The lowest BCUT2D eigenvalue weighted by Crippen LogP contribution is -1.89. The number of aromatic nitrogens is 3. The van der Waals surface area contributed by atoms with Crippen LogP contribution in [0.1, 0.15) is 5.56 Å². The molecule has 3 heterocycles. The second kappa shape index (κ2) is 3.72. The molecule has 0 spiro atoms. The van der Waals surface area contributed by atoms with Gasteiger partial charge in [0, 0.05) is 29.5 Å². The molecule has 0 aliphatic carbocycles. The number of nitrogens with one attached hydrogen (secondary N) is 1. The first-order chi connectivity index (χ1) is 9.33. The Hall–Kier alpha value is -2.55. The van der Waals surface area contributed by atoms with Crippen LogP contribution in [0.5, 0.6) is 0 Å². The molecule has 3 aromatic heterocycles. The van der Waals surface area contributed by atoms with Crippen molar-refractivity contribution >= 4 is 16.4 Å². The minimum Gasteiger partial charge on any atom is -0.361 e. The molecule has 1 aromatic carbocycles. The number of aryl methyl sites for hydroxylation is 1. The Morgan fingerprint density at radius 1 is 1.11 bits per heavy atom. The highest BCUT2D eigenvalue weighted by molar-refractivity contribution is 5.96. The van der Waals surface area contributed by atoms with Crippen molar-refractivity contribution in [1.82, 2.24) is 14.6 Å². The molecule has 4 rings (SSSR count). The second-order valence-corrected chi connectivity index (χ2v) is 4.82. The van der Waals surface area contributed by atoms with Gasteiger partial charge in [0.25, 0.3) is 0 Å². The van der Waals surface area contributed by atoms with Crippen molar-refractivity contribution in [3.63, 3.8) is 0 Å². The Balaban J connectivity index is 2.07. The van der Waals surface area contributed by atoms with E-state index in [1.807, 2.05) is 29.2 Å². The van der Waals surface area contributed by atoms with Crippen LogP contribution < -0.4 is 0 Å². The van der Waals surface area contributed by atoms with Crippen LogP contribution in [0.3, 0.4) is 0 Å². The summed E-state index contributed by atoms with van der Waals surface area (Å²) in [5, 5.41) is 5.48. The maximum absolute atomic E-state index is 4.24. The summed E-state index contributed by atoms with van der Waals surface area (Å²) in [6.45, 7) is 2.15. The van der Waals surface area contributed by atoms with Gasteiger partial charge < -0.3 is 4.98 Å². The summed E-state index contributed by atoms with van der Waals surface area (Å²) in [4.78, 5) is 3.35. The van der Waals surface area contributed by atoms with Crippen LogP contribution in [0.4, 0.5) is 0 Å². The quantitative estimate of drug-likeness (QED) is 0.545. The van der Waals surface area contributed by atoms with E-state index in [0.717, 1.165) is 5.52 Å². The zero-order valence-corrected chi connectivity index (χ0v) is 10.6. The number of H-pyrrole nitrogens is 1. The zero-order valence-electron chi connectivity index (χ0n) is 10.6. The van der Waals surface area contributed by atoms with E-state index in [-0.39, 0.29) is 0 Å². The predicted molar refractivity (Wildman–Crippen MR) is 77.2 cm³/mol. The van der Waals surface area contributed by atoms with Crippen molar-refractivity contribution in [2.45, 2.75) is 6.92 Å². The number of hydrogen-bond donors (Lipinski definition) is 1. The van der Waals surface area contributed by atoms with Crippen LogP contribution in [0.2, 0.25) is 0 Å². The number of fused-ring (bicyclic) bond motifs is 2. The minimum atomic E-state index is 1.11. The molecule has 3 heteroatoms. The largest absolute Gasteiger partial charge is 0.361 e. The lowest BCUT2D eigenvalue weighted by Gasteiger charge is -2.08. The molecule has 0 bridgehead atoms. The van der Waals surface area contributed by atoms with E-state index in [0.29, 0.717) is 0 Å². The van der Waals surface area contributed by atoms with Gasteiger partial charge in [-0.3, -0.25) is 0 Å². The number of hydrogen-bond acceptors (Lipinski definition) is 1. The zero-order chi connectivity index (χ0) is 12.8. The van der Waals surface area contributed by atoms with Crippen LogP contribution in [0.15, 0.2) is 55.0 Å². The lowest BCUT2D eigenvalue weighted by molar-refractivity contribution is 0.962. The van der Waals surface area contributed by atoms with Crippen LogP contribution in [-0.4, -0.2) is 14.6 Å². The van der Waals surface area contributed by atoms with Gasteiger partial charge in [-0.15, -0.1) is 0 Å². The van der Waals surface area contributed by atoms with E-state index < -0.39 is 0 Å². The molecule has 0 fully saturated rings. The number of benzene rings is 1. The van der Waals surface area contributed by atoms with Crippen molar-refractivity contribution in [1.29, 1.82) is 0 Å². The van der Waals surface area contributed by atoms with E-state index in [2.05, 4.69) is 47.3 Å². The van der Waals surface area contributed by atoms with E-state index in [9.17, 15) is 0 Å². The summed E-state index contributed by atoms with van der Waals surface area (Å²) >= 11 is 0. The Morgan fingerprint density at radius 3 is 3.00 bits per heavy atom. The summed E-state index contributed by atoms with van der Waals surface area (Å²) in [5.74, 6) is 0. The Morgan fingerprint density at radius 2 is 2.05 bits per heavy atom. The summed E-state index contributed by atoms with van der Waals surface area (Å²) in [7, 11) is 0. The monoisotopic (exact) mass is 247 g/mol. The first-order valence-electron chi connectivity index (χ1n) is 6.33. The van der Waals surface area contributed by atoms with E-state index in [4.69, 9.17) is 0 Å². The molecule has 0 unspecified atom stereocenters. The molecule has 19 heavy (non-hydrogen) atoms. The molecule has 0 saturated heterocycles. The average molecular weight is 247 g/mol. The fourth-order valence-corrected chi connectivity index (χ4v) is 2.68. The van der Waals surface area contributed by atoms with Gasteiger partial charge in [-0.1, -0.05) is 12.1 Å². The Labute approximate surface area is 110 Å². The number of rotatable bonds is 1. The fourth-order valence-electron chi connectivity index (χ4n) is 2.68. The maximum Gasteiger partial charge on any atom is 0.0667 e. The highest BCUT2D eigenvalue weighted by Crippen LogP contribution is 2.31. The first kappa shape index (κ1) is 10.4. The third kappa shape index (κ3) is 1.48. The number of aromatic amines is 1. The summed E-state index contributed by atoms with van der Waals surface area (Å²) in [5.41, 5.74) is 6.08. The summed E-state index contributed by atoms with van der Waals surface area (Å²) in [6.07, 6.45) is 5.82. The van der Waals surface area contributed by atoms with Gasteiger partial charge in [0.05, 0.1) is 11.0 Å². The van der Waals surface area contributed by atoms with Crippen molar-refractivity contribution in [3.05, 3.63) is 60.6 Å². The highest BCUT2D eigenvalue weighted by atomic mass is 15.2. The van der Waals surface area contributed by atoms with Crippen LogP contribution in [-0.2, 0) is 0 Å². The predicted octanol–water partition coefficient (Wildman–Crippen LogP) is 3.79. The van der Waals surface area contributed by atoms with Crippen LogP contribution in [0.25, 0.3) is 27.5 Å². The highest BCUT2D eigenvalue weighted by Gasteiger charge is 2.09.